The molecule has 0 aliphatic heterocycles. The first-order valence-electron chi connectivity index (χ1n) is 10.2. The molecule has 0 saturated heterocycles. The summed E-state index contributed by atoms with van der Waals surface area (Å²) in [5.74, 6) is -4.66. The van der Waals surface area contributed by atoms with Crippen molar-refractivity contribution in [3.8, 4) is 0 Å². The molecule has 0 amide bonds. The second-order valence-corrected chi connectivity index (χ2v) is 17.3. The Bertz CT molecular complexity index is 742. The minimum atomic E-state index is -5.39. The summed E-state index contributed by atoms with van der Waals surface area (Å²) in [7, 11) is -2.59. The van der Waals surface area contributed by atoms with Crippen LogP contribution in [0.5, 0.6) is 0 Å². The van der Waals surface area contributed by atoms with E-state index in [1.54, 1.807) is 63.4 Å². The molecule has 9 N–H and O–H groups in total. The van der Waals surface area contributed by atoms with E-state index in [0.717, 1.165) is 0 Å². The average molecular weight is 647 g/mol. The van der Waals surface area contributed by atoms with E-state index >= 15 is 0 Å². The van der Waals surface area contributed by atoms with Gasteiger partial charge < -0.3 is 77.4 Å². The molecule has 0 aliphatic carbocycles. The monoisotopic (exact) mass is 647 g/mol. The molecule has 0 aromatic heterocycles. The van der Waals surface area contributed by atoms with Crippen molar-refractivity contribution in [2.75, 3.05) is 83.1 Å². The topological polar surface area (TPSA) is 320 Å². The van der Waals surface area contributed by atoms with Crippen molar-refractivity contribution in [1.29, 1.82) is 0 Å². The Morgan fingerprint density at radius 3 is 0.605 bits per heavy atom. The van der Waals surface area contributed by atoms with Crippen LogP contribution in [-0.4, -0.2) is 159 Å². The molecule has 23 heteroatoms. The third-order valence-electron chi connectivity index (χ3n) is 3.30. The van der Waals surface area contributed by atoms with Crippen LogP contribution in [0.4, 0.5) is 0 Å². The highest BCUT2D eigenvalue weighted by Gasteiger charge is 2.32. The fraction of sp³-hybridized carbons (Fsp3) is 1.00. The Morgan fingerprint density at radius 2 is 0.579 bits per heavy atom. The van der Waals surface area contributed by atoms with Crippen LogP contribution in [0.3, 0.4) is 0 Å². The maximum Gasteiger partial charge on any atom is 0.359 e. The summed E-state index contributed by atoms with van der Waals surface area (Å²) in [5.41, 5.74) is 0. The molecular weight excluding hydrogens is 602 g/mol. The lowest BCUT2D eigenvalue weighted by atomic mass is 10.5. The molecule has 0 heterocycles. The minimum absolute atomic E-state index is 0.0459. The third-order valence-corrected chi connectivity index (χ3v) is 6.12. The van der Waals surface area contributed by atoms with E-state index in [2.05, 4.69) is 0 Å². The number of likely N-dealkylation sites (N-methyl/N-ethyl adjacent to an activating group) is 3. The Labute approximate surface area is 222 Å². The number of aliphatic hydroxyl groups is 3. The maximum atomic E-state index is 10.4. The first kappa shape index (κ1) is 45.3. The van der Waals surface area contributed by atoms with Gasteiger partial charge in [-0.25, -0.2) is 0 Å². The zero-order chi connectivity index (χ0) is 32.4. The molecule has 0 fully saturated rings. The molecule has 0 aromatic carbocycles. The van der Waals surface area contributed by atoms with Crippen LogP contribution in [0.25, 0.3) is 0 Å². The van der Waals surface area contributed by atoms with Gasteiger partial charge in [-0.15, -0.1) is 0 Å². The highest BCUT2D eigenvalue weighted by Crippen LogP contribution is 2.41. The summed E-state index contributed by atoms with van der Waals surface area (Å²) in [6, 6.07) is 0. The summed E-state index contributed by atoms with van der Waals surface area (Å²) >= 11 is 0. The number of aliphatic hydroxyl groups excluding tert-OH is 3. The highest BCUT2D eigenvalue weighted by atomic mass is 31.2. The number of hydrogen-bond acceptors (Lipinski definition) is 10. The summed E-state index contributed by atoms with van der Waals surface area (Å²) in [4.78, 5) is 76.6. The van der Waals surface area contributed by atoms with E-state index in [1.807, 2.05) is 0 Å². The van der Waals surface area contributed by atoms with Gasteiger partial charge in [0.1, 0.15) is 19.6 Å². The van der Waals surface area contributed by atoms with Gasteiger partial charge in [0.05, 0.1) is 63.4 Å². The van der Waals surface area contributed by atoms with Gasteiger partial charge in [0.25, 0.3) is 0 Å². The number of hydrogen-bond donors (Lipinski definition) is 9. The Kier molecular flexibility index (Phi) is 19.9. The van der Waals surface area contributed by atoms with Crippen LogP contribution < -0.4 is 14.7 Å². The highest BCUT2D eigenvalue weighted by molar-refractivity contribution is 7.52. The van der Waals surface area contributed by atoms with E-state index < -0.39 is 48.1 Å². The van der Waals surface area contributed by atoms with Crippen LogP contribution in [-0.2, 0) is 18.3 Å². The van der Waals surface area contributed by atoms with Gasteiger partial charge >= 0.3 is 22.8 Å². The molecule has 0 bridgehead atoms. The number of nitrogens with zero attached hydrogens (tertiary/aromatic N) is 3. The van der Waals surface area contributed by atoms with Gasteiger partial charge in [-0.1, -0.05) is 0 Å². The predicted octanol–water partition coefficient (Wildman–Crippen LogP) is -5.26. The lowest BCUT2D eigenvalue weighted by Crippen LogP contribution is -2.41. The first-order chi connectivity index (χ1) is 15.9. The van der Waals surface area contributed by atoms with Crippen molar-refractivity contribution in [3.05, 3.63) is 0 Å². The van der Waals surface area contributed by atoms with Crippen molar-refractivity contribution >= 4 is 30.6 Å². The van der Waals surface area contributed by atoms with Crippen LogP contribution in [0, 0.1) is 0 Å². The Hall–Kier alpha value is 0.320. The second kappa shape index (κ2) is 16.7. The van der Waals surface area contributed by atoms with Crippen molar-refractivity contribution in [2.24, 2.45) is 0 Å². The Morgan fingerprint density at radius 1 is 0.474 bits per heavy atom. The zero-order valence-electron chi connectivity index (χ0n) is 22.9. The summed E-state index contributed by atoms with van der Waals surface area (Å²) in [6.45, 7) is 0.138. The van der Waals surface area contributed by atoms with Crippen molar-refractivity contribution in [3.63, 3.8) is 0 Å². The zero-order valence-corrected chi connectivity index (χ0v) is 26.4. The summed E-state index contributed by atoms with van der Waals surface area (Å²) < 4.78 is 40.9. The van der Waals surface area contributed by atoms with Crippen molar-refractivity contribution in [1.82, 2.24) is 0 Å². The lowest BCUT2D eigenvalue weighted by molar-refractivity contribution is -0.872. The molecule has 0 saturated carbocycles. The van der Waals surface area contributed by atoms with Crippen LogP contribution in [0.2, 0.25) is 0 Å². The van der Waals surface area contributed by atoms with Gasteiger partial charge in [0, 0.05) is 0 Å². The molecule has 19 nitrogen and oxygen atoms in total. The predicted molar refractivity (Wildman–Crippen MR) is 130 cm³/mol. The fourth-order valence-electron chi connectivity index (χ4n) is 1.79. The van der Waals surface area contributed by atoms with Crippen molar-refractivity contribution in [2.45, 2.75) is 17.5 Å². The van der Waals surface area contributed by atoms with E-state index in [9.17, 15) is 13.7 Å². The molecule has 0 radical (unpaired) electrons. The SMILES string of the molecule is C[N+](C)(C)CC(O)P(=O)(O)O.C[N+](C)(C)CC(O)P(=O)(O)O.C[N+](C)(C)CC(O)P(=O)(O)O.O=P([O-])([O-])[O-]. The molecule has 236 valence electrons. The Balaban J connectivity index is -0.000000209. The van der Waals surface area contributed by atoms with E-state index in [1.165, 1.54) is 0 Å². The minimum Gasteiger partial charge on any atom is -0.822 e. The van der Waals surface area contributed by atoms with E-state index in [4.69, 9.17) is 63.9 Å². The average Bonchev–Trinajstić information content (AvgIpc) is 2.46. The smallest absolute Gasteiger partial charge is 0.359 e. The van der Waals surface area contributed by atoms with Crippen LogP contribution in [0.1, 0.15) is 0 Å². The third kappa shape index (κ3) is 40.8. The summed E-state index contributed by atoms with van der Waals surface area (Å²) in [6.07, 6.45) is 0. The number of phosphoric acid groups is 1. The fourth-order valence-corrected chi connectivity index (χ4v) is 3.90. The normalized spacial score (nSPS) is 15.9. The largest absolute Gasteiger partial charge is 0.822 e. The van der Waals surface area contributed by atoms with Gasteiger partial charge in [0.2, 0.25) is 17.5 Å². The standard InChI is InChI=1S/3C5H14NO4P.H3O4P/c3*1-6(2,3)4-5(7)11(8,9)10;1-5(2,3)4/h3*5,7H,4H2,1-3H3,(H-,8,9,10);(H3,1,2,3,4). The maximum absolute atomic E-state index is 10.4. The molecule has 0 aromatic rings. The van der Waals surface area contributed by atoms with E-state index in [0.29, 0.717) is 13.4 Å². The lowest BCUT2D eigenvalue weighted by Gasteiger charge is -2.36. The molecule has 0 aliphatic rings. The molecule has 0 spiro atoms. The van der Waals surface area contributed by atoms with Gasteiger partial charge in [-0.2, -0.15) is 7.82 Å². The first-order valence-corrected chi connectivity index (χ1v) is 16.7. The summed E-state index contributed by atoms with van der Waals surface area (Å²) in [5, 5.41) is 26.8. The second-order valence-electron chi connectivity index (χ2n) is 11.1. The van der Waals surface area contributed by atoms with Gasteiger partial charge in [0.15, 0.2) is 0 Å². The number of quaternary nitrogens is 3. The molecular formula is C15H45N3O16P4. The van der Waals surface area contributed by atoms with Crippen LogP contribution in [0.15, 0.2) is 0 Å². The van der Waals surface area contributed by atoms with Crippen LogP contribution >= 0.6 is 30.6 Å². The number of rotatable bonds is 9. The molecule has 3 atom stereocenters. The molecule has 3 unspecified atom stereocenters. The van der Waals surface area contributed by atoms with Gasteiger partial charge in [-0.05, 0) is 0 Å². The molecule has 38 heavy (non-hydrogen) atoms. The molecule has 0 rings (SSSR count). The van der Waals surface area contributed by atoms with Gasteiger partial charge in [-0.3, -0.25) is 13.7 Å². The van der Waals surface area contributed by atoms with Crippen molar-refractivity contribution < 1.29 is 91.1 Å². The quantitative estimate of drug-likeness (QED) is 0.0834. The van der Waals surface area contributed by atoms with E-state index in [-0.39, 0.29) is 19.6 Å².